The highest BCUT2D eigenvalue weighted by Crippen LogP contribution is 2.27. The van der Waals surface area contributed by atoms with Gasteiger partial charge in [-0.25, -0.2) is 9.50 Å². The number of amides is 1. The molecule has 6 nitrogen and oxygen atoms in total. The molecule has 1 aliphatic rings. The van der Waals surface area contributed by atoms with Crippen LogP contribution in [0.4, 0.5) is 0 Å². The first-order chi connectivity index (χ1) is 11.1. The summed E-state index contributed by atoms with van der Waals surface area (Å²) in [6.07, 6.45) is 5.76. The maximum Gasteiger partial charge on any atom is 0.256 e. The average molecular weight is 315 g/mol. The van der Waals surface area contributed by atoms with E-state index in [0.29, 0.717) is 23.0 Å². The second-order valence-corrected chi connectivity index (χ2v) is 6.74. The van der Waals surface area contributed by atoms with E-state index in [1.807, 2.05) is 10.6 Å². The maximum atomic E-state index is 11.9. The van der Waals surface area contributed by atoms with Crippen molar-refractivity contribution in [2.75, 3.05) is 26.7 Å². The van der Waals surface area contributed by atoms with Crippen molar-refractivity contribution >= 4 is 11.6 Å². The van der Waals surface area contributed by atoms with Gasteiger partial charge in [-0.2, -0.15) is 5.10 Å². The molecule has 23 heavy (non-hydrogen) atoms. The van der Waals surface area contributed by atoms with Gasteiger partial charge in [0.2, 0.25) is 0 Å². The first-order valence-electron chi connectivity index (χ1n) is 8.37. The molecule has 0 aliphatic carbocycles. The molecule has 1 atom stereocenters. The van der Waals surface area contributed by atoms with Crippen LogP contribution in [-0.2, 0) is 0 Å². The molecule has 0 spiro atoms. The highest BCUT2D eigenvalue weighted by atomic mass is 16.1. The minimum Gasteiger partial charge on any atom is -0.355 e. The van der Waals surface area contributed by atoms with E-state index in [2.05, 4.69) is 34.1 Å². The second kappa shape index (κ2) is 6.66. The van der Waals surface area contributed by atoms with Crippen LogP contribution >= 0.6 is 0 Å². The molecule has 3 heterocycles. The summed E-state index contributed by atoms with van der Waals surface area (Å²) in [4.78, 5) is 18.8. The molecular weight excluding hydrogens is 290 g/mol. The maximum absolute atomic E-state index is 11.9. The number of piperidine rings is 1. The van der Waals surface area contributed by atoms with Crippen LogP contribution in [0.2, 0.25) is 0 Å². The van der Waals surface area contributed by atoms with Crippen molar-refractivity contribution in [1.82, 2.24) is 24.8 Å². The van der Waals surface area contributed by atoms with E-state index >= 15 is 0 Å². The van der Waals surface area contributed by atoms with E-state index in [4.69, 9.17) is 0 Å². The first kappa shape index (κ1) is 15.9. The van der Waals surface area contributed by atoms with E-state index in [1.165, 1.54) is 13.0 Å². The molecule has 0 saturated carbocycles. The van der Waals surface area contributed by atoms with Crippen molar-refractivity contribution in [2.45, 2.75) is 32.6 Å². The Morgan fingerprint density at radius 3 is 3.04 bits per heavy atom. The fraction of sp³-hybridized carbons (Fsp3) is 0.588. The molecule has 2 aromatic rings. The Kier molecular flexibility index (Phi) is 4.61. The van der Waals surface area contributed by atoms with Crippen molar-refractivity contribution < 1.29 is 4.79 Å². The van der Waals surface area contributed by atoms with Crippen LogP contribution in [0.5, 0.6) is 0 Å². The van der Waals surface area contributed by atoms with E-state index in [0.717, 1.165) is 25.2 Å². The van der Waals surface area contributed by atoms with Crippen molar-refractivity contribution in [3.63, 3.8) is 0 Å². The lowest BCUT2D eigenvalue weighted by Crippen LogP contribution is -2.37. The average Bonchev–Trinajstić information content (AvgIpc) is 2.97. The Balaban J connectivity index is 1.90. The van der Waals surface area contributed by atoms with Crippen molar-refractivity contribution in [1.29, 1.82) is 0 Å². The highest BCUT2D eigenvalue weighted by molar-refractivity contribution is 5.99. The van der Waals surface area contributed by atoms with Gasteiger partial charge in [-0.1, -0.05) is 13.8 Å². The van der Waals surface area contributed by atoms with Crippen molar-refractivity contribution in [3.8, 4) is 0 Å². The molecule has 6 heteroatoms. The number of carbonyl (C=O) groups is 1. The zero-order chi connectivity index (χ0) is 16.4. The minimum absolute atomic E-state index is 0.144. The molecule has 1 N–H and O–H groups in total. The highest BCUT2D eigenvalue weighted by Gasteiger charge is 2.25. The summed E-state index contributed by atoms with van der Waals surface area (Å²) >= 11 is 0. The molecule has 1 fully saturated rings. The number of nitrogens with one attached hydrogen (secondary N) is 1. The largest absolute Gasteiger partial charge is 0.355 e. The van der Waals surface area contributed by atoms with Crippen LogP contribution in [-0.4, -0.2) is 52.1 Å². The van der Waals surface area contributed by atoms with Gasteiger partial charge in [0.05, 0.1) is 11.9 Å². The Bertz CT molecular complexity index is 693. The number of hydrogen-bond acceptors (Lipinski definition) is 4. The molecule has 1 aliphatic heterocycles. The summed E-state index contributed by atoms with van der Waals surface area (Å²) in [5, 5.41) is 7.07. The molecule has 0 unspecified atom stereocenters. The van der Waals surface area contributed by atoms with Gasteiger partial charge in [-0.05, 0) is 31.4 Å². The van der Waals surface area contributed by atoms with Gasteiger partial charge in [-0.3, -0.25) is 4.79 Å². The lowest BCUT2D eigenvalue weighted by molar-refractivity contribution is 0.0964. The normalized spacial score (nSPS) is 19.4. The SMILES string of the molecule is CNC(=O)c1cnn2c([C@@H]3CCCN(CC(C)C)C3)ccnc12. The van der Waals surface area contributed by atoms with Crippen LogP contribution in [0, 0.1) is 5.92 Å². The van der Waals surface area contributed by atoms with Crippen LogP contribution in [0.1, 0.15) is 48.7 Å². The van der Waals surface area contributed by atoms with Gasteiger partial charge < -0.3 is 10.2 Å². The number of rotatable bonds is 4. The number of fused-ring (bicyclic) bond motifs is 1. The Labute approximate surface area is 136 Å². The number of aromatic nitrogens is 3. The van der Waals surface area contributed by atoms with Gasteiger partial charge in [-0.15, -0.1) is 0 Å². The first-order valence-corrected chi connectivity index (χ1v) is 8.37. The third-order valence-corrected chi connectivity index (χ3v) is 4.45. The van der Waals surface area contributed by atoms with Gasteiger partial charge >= 0.3 is 0 Å². The molecule has 1 saturated heterocycles. The number of carbonyl (C=O) groups excluding carboxylic acids is 1. The smallest absolute Gasteiger partial charge is 0.256 e. The Morgan fingerprint density at radius 1 is 1.48 bits per heavy atom. The standard InChI is InChI=1S/C17H25N5O/c1-12(2)10-21-8-4-5-13(11-21)15-6-7-19-16-14(17(23)18-3)9-20-22(15)16/h6-7,9,12-13H,4-5,8,10-11H2,1-3H3,(H,18,23)/t13-/m1/s1. The van der Waals surface area contributed by atoms with Crippen LogP contribution < -0.4 is 5.32 Å². The number of hydrogen-bond donors (Lipinski definition) is 1. The zero-order valence-corrected chi connectivity index (χ0v) is 14.1. The summed E-state index contributed by atoms with van der Waals surface area (Å²) in [5.74, 6) is 0.968. The quantitative estimate of drug-likeness (QED) is 0.936. The topological polar surface area (TPSA) is 62.5 Å². The molecule has 1 amide bonds. The van der Waals surface area contributed by atoms with Gasteiger partial charge in [0, 0.05) is 32.3 Å². The van der Waals surface area contributed by atoms with Gasteiger partial charge in [0.15, 0.2) is 5.65 Å². The Morgan fingerprint density at radius 2 is 2.30 bits per heavy atom. The number of nitrogens with zero attached hydrogens (tertiary/aromatic N) is 4. The van der Waals surface area contributed by atoms with Crippen LogP contribution in [0.25, 0.3) is 5.65 Å². The summed E-state index contributed by atoms with van der Waals surface area (Å²) in [6.45, 7) is 7.88. The molecular formula is C17H25N5O. The lowest BCUT2D eigenvalue weighted by atomic mass is 9.94. The molecule has 0 radical (unpaired) electrons. The monoisotopic (exact) mass is 315 g/mol. The summed E-state index contributed by atoms with van der Waals surface area (Å²) in [7, 11) is 1.63. The predicted molar refractivity (Wildman–Crippen MR) is 89.6 cm³/mol. The molecule has 2 aromatic heterocycles. The summed E-state index contributed by atoms with van der Waals surface area (Å²) in [6, 6.07) is 2.04. The lowest BCUT2D eigenvalue weighted by Gasteiger charge is -2.33. The molecule has 0 bridgehead atoms. The van der Waals surface area contributed by atoms with Crippen LogP contribution in [0.3, 0.4) is 0 Å². The predicted octanol–water partition coefficient (Wildman–Crippen LogP) is 1.92. The molecule has 124 valence electrons. The fourth-order valence-corrected chi connectivity index (χ4v) is 3.49. The second-order valence-electron chi connectivity index (χ2n) is 6.74. The van der Waals surface area contributed by atoms with Gasteiger partial charge in [0.1, 0.15) is 5.56 Å². The molecule has 3 rings (SSSR count). The summed E-state index contributed by atoms with van der Waals surface area (Å²) < 4.78 is 1.84. The van der Waals surface area contributed by atoms with E-state index in [-0.39, 0.29) is 5.91 Å². The van der Waals surface area contributed by atoms with Crippen molar-refractivity contribution in [3.05, 3.63) is 29.7 Å². The third kappa shape index (κ3) is 3.22. The molecule has 0 aromatic carbocycles. The third-order valence-electron chi connectivity index (χ3n) is 4.45. The number of likely N-dealkylation sites (tertiary alicyclic amines) is 1. The minimum atomic E-state index is -0.144. The van der Waals surface area contributed by atoms with E-state index in [9.17, 15) is 4.79 Å². The van der Waals surface area contributed by atoms with Crippen LogP contribution in [0.15, 0.2) is 18.5 Å². The zero-order valence-electron chi connectivity index (χ0n) is 14.1. The van der Waals surface area contributed by atoms with Crippen molar-refractivity contribution in [2.24, 2.45) is 5.92 Å². The fourth-order valence-electron chi connectivity index (χ4n) is 3.49. The Hall–Kier alpha value is -1.95. The van der Waals surface area contributed by atoms with E-state index < -0.39 is 0 Å². The van der Waals surface area contributed by atoms with Gasteiger partial charge in [0.25, 0.3) is 5.91 Å². The van der Waals surface area contributed by atoms with E-state index in [1.54, 1.807) is 19.4 Å². The summed E-state index contributed by atoms with van der Waals surface area (Å²) in [5.41, 5.74) is 2.32.